The second-order valence-electron chi connectivity index (χ2n) is 15.2. The van der Waals surface area contributed by atoms with E-state index in [9.17, 15) is 29.9 Å². The van der Waals surface area contributed by atoms with Gasteiger partial charge in [0.1, 0.15) is 42.8 Å². The third kappa shape index (κ3) is 9.84. The van der Waals surface area contributed by atoms with Gasteiger partial charge in [0, 0.05) is 55.9 Å². The standard InChI is InChI=1S/C45H52ClN3O11/c1-3-22-57-45-41(48(2)44(53)56-23-19-46)27-39(47-58-29-30-13-15-33(16-14-30)49(54)55)37-25-32(10-4-6-20-50)36(12-5-7-21-51)42(43(37)45)38-26-35(17-18-40(38)60-45)59-34-11-8-9-31(24-34)28-52/h3,8-9,11,13-18,24-26,28,32,36,41-43,50-51H,1,4-7,10,12,19-23,27,29H2,2H3. The Morgan fingerprint density at radius 2 is 1.82 bits per heavy atom. The number of amides is 1. The zero-order valence-corrected chi connectivity index (χ0v) is 34.4. The van der Waals surface area contributed by atoms with Crippen LogP contribution in [0, 0.1) is 27.9 Å². The average Bonchev–Trinajstić information content (AvgIpc) is 3.26. The van der Waals surface area contributed by atoms with Gasteiger partial charge in [-0.2, -0.15) is 0 Å². The highest BCUT2D eigenvalue weighted by molar-refractivity contribution is 6.18. The molecule has 1 saturated carbocycles. The lowest BCUT2D eigenvalue weighted by Gasteiger charge is -2.59. The number of carbonyl (C=O) groups is 2. The quantitative estimate of drug-likeness (QED) is 0.0263. The molecule has 6 unspecified atom stereocenters. The molecule has 1 heterocycles. The van der Waals surface area contributed by atoms with Crippen LogP contribution in [0.3, 0.4) is 0 Å². The van der Waals surface area contributed by atoms with Crippen molar-refractivity contribution in [2.24, 2.45) is 22.9 Å². The number of oxime groups is 1. The fourth-order valence-electron chi connectivity index (χ4n) is 8.83. The summed E-state index contributed by atoms with van der Waals surface area (Å²) in [4.78, 5) is 43.7. The number of alkyl halides is 1. The number of nitro groups is 1. The van der Waals surface area contributed by atoms with Crippen LogP contribution < -0.4 is 9.47 Å². The molecule has 2 N–H and O–H groups in total. The molecule has 14 nitrogen and oxygen atoms in total. The minimum Gasteiger partial charge on any atom is -0.459 e. The topological polar surface area (TPSA) is 179 Å². The van der Waals surface area contributed by atoms with Gasteiger partial charge in [-0.05, 0) is 91.1 Å². The number of likely N-dealkylation sites (N-methyl/N-ethyl adjacent to an activating group) is 1. The van der Waals surface area contributed by atoms with Gasteiger partial charge in [-0.15, -0.1) is 18.2 Å². The number of benzene rings is 3. The molecule has 0 aromatic heterocycles. The number of aliphatic hydroxyl groups is 2. The molecule has 3 aromatic carbocycles. The fraction of sp³-hybridized carbons (Fsp3) is 0.444. The molecule has 1 aliphatic heterocycles. The maximum absolute atomic E-state index is 13.8. The first-order valence-corrected chi connectivity index (χ1v) is 20.8. The number of ether oxygens (including phenoxy) is 4. The lowest BCUT2D eigenvalue weighted by Crippen LogP contribution is -2.69. The molecule has 2 aliphatic carbocycles. The molecule has 320 valence electrons. The van der Waals surface area contributed by atoms with Gasteiger partial charge in [0.15, 0.2) is 0 Å². The maximum atomic E-state index is 13.8. The highest BCUT2D eigenvalue weighted by Gasteiger charge is 2.65. The van der Waals surface area contributed by atoms with Crippen molar-refractivity contribution in [1.29, 1.82) is 0 Å². The van der Waals surface area contributed by atoms with E-state index in [4.69, 9.17) is 40.5 Å². The molecule has 60 heavy (non-hydrogen) atoms. The number of unbranched alkanes of at least 4 members (excludes halogenated alkanes) is 2. The molecule has 6 atom stereocenters. The van der Waals surface area contributed by atoms with Crippen LogP contribution in [0.5, 0.6) is 17.2 Å². The molecule has 1 fully saturated rings. The van der Waals surface area contributed by atoms with Crippen LogP contribution in [-0.2, 0) is 20.9 Å². The smallest absolute Gasteiger partial charge is 0.410 e. The summed E-state index contributed by atoms with van der Waals surface area (Å²) in [6.45, 7) is 4.14. The number of nitrogens with zero attached hydrogens (tertiary/aromatic N) is 3. The van der Waals surface area contributed by atoms with Gasteiger partial charge < -0.3 is 38.9 Å². The number of hydrogen-bond donors (Lipinski definition) is 2. The number of aliphatic hydroxyl groups excluding tert-OH is 2. The zero-order valence-electron chi connectivity index (χ0n) is 33.7. The molecule has 0 saturated heterocycles. The van der Waals surface area contributed by atoms with Gasteiger partial charge in [0.2, 0.25) is 5.79 Å². The summed E-state index contributed by atoms with van der Waals surface area (Å²) in [5, 5.41) is 35.7. The van der Waals surface area contributed by atoms with Crippen LogP contribution in [0.25, 0.3) is 0 Å². The predicted molar refractivity (Wildman–Crippen MR) is 225 cm³/mol. The SMILES string of the molecule is C=CCOC12Oc3ccc(Oc4cccc(C=O)c4)cc3C3C(CCCCO)C(CCCCO)C=C(C(=NOCc4ccc([N+](=O)[O-])cc4)CC1N(C)C(=O)OCCCl)C32. The summed E-state index contributed by atoms with van der Waals surface area (Å²) < 4.78 is 25.9. The van der Waals surface area contributed by atoms with E-state index in [1.165, 1.54) is 17.0 Å². The van der Waals surface area contributed by atoms with Crippen LogP contribution in [0.4, 0.5) is 10.5 Å². The molecule has 0 spiro atoms. The van der Waals surface area contributed by atoms with Crippen LogP contribution in [0.15, 0.2) is 96.2 Å². The van der Waals surface area contributed by atoms with Crippen molar-refractivity contribution in [3.05, 3.63) is 118 Å². The Hall–Kier alpha value is -5.28. The van der Waals surface area contributed by atoms with E-state index in [1.54, 1.807) is 55.6 Å². The number of rotatable bonds is 21. The molecule has 1 amide bonds. The summed E-state index contributed by atoms with van der Waals surface area (Å²) in [6, 6.07) is 17.7. The second kappa shape index (κ2) is 20.8. The van der Waals surface area contributed by atoms with Gasteiger partial charge in [-0.25, -0.2) is 4.79 Å². The number of carbonyl (C=O) groups excluding carboxylic acids is 2. The van der Waals surface area contributed by atoms with Crippen LogP contribution in [0.2, 0.25) is 0 Å². The lowest BCUT2D eigenvalue weighted by atomic mass is 9.55. The number of aldehydes is 1. The second-order valence-corrected chi connectivity index (χ2v) is 15.6. The highest BCUT2D eigenvalue weighted by Crippen LogP contribution is 2.62. The molecular formula is C45H52ClN3O11. The van der Waals surface area contributed by atoms with Gasteiger partial charge in [-0.1, -0.05) is 42.3 Å². The number of allylic oxidation sites excluding steroid dienone is 1. The number of fused-ring (bicyclic) bond motifs is 2. The summed E-state index contributed by atoms with van der Waals surface area (Å²) in [5.41, 5.74) is 3.35. The molecule has 6 rings (SSSR count). The fourth-order valence-corrected chi connectivity index (χ4v) is 8.91. The Morgan fingerprint density at radius 3 is 2.52 bits per heavy atom. The Morgan fingerprint density at radius 1 is 1.07 bits per heavy atom. The molecule has 3 aromatic rings. The maximum Gasteiger partial charge on any atom is 0.410 e. The lowest BCUT2D eigenvalue weighted by molar-refractivity contribution is -0.384. The summed E-state index contributed by atoms with van der Waals surface area (Å²) in [7, 11) is 1.63. The molecule has 0 bridgehead atoms. The summed E-state index contributed by atoms with van der Waals surface area (Å²) in [5.74, 6) is -0.755. The Bertz CT molecular complexity index is 2040. The number of hydrogen-bond acceptors (Lipinski definition) is 12. The molecule has 3 aliphatic rings. The zero-order chi connectivity index (χ0) is 42.6. The van der Waals surface area contributed by atoms with Gasteiger partial charge in [0.25, 0.3) is 5.69 Å². The van der Waals surface area contributed by atoms with E-state index in [-0.39, 0.29) is 68.8 Å². The van der Waals surface area contributed by atoms with Crippen molar-refractivity contribution >= 4 is 35.4 Å². The number of non-ortho nitro benzene ring substituents is 1. The van der Waals surface area contributed by atoms with Gasteiger partial charge in [-0.3, -0.25) is 14.9 Å². The predicted octanol–water partition coefficient (Wildman–Crippen LogP) is 8.34. The molecule has 15 heteroatoms. The van der Waals surface area contributed by atoms with Crippen LogP contribution in [0.1, 0.15) is 72.3 Å². The Balaban J connectivity index is 1.53. The van der Waals surface area contributed by atoms with E-state index in [0.717, 1.165) is 43.1 Å². The number of nitro benzene ring substituents is 1. The first-order valence-electron chi connectivity index (χ1n) is 20.3. The summed E-state index contributed by atoms with van der Waals surface area (Å²) in [6.07, 6.45) is 8.35. The highest BCUT2D eigenvalue weighted by atomic mass is 35.5. The Labute approximate surface area is 354 Å². The molecular weight excluding hydrogens is 794 g/mol. The Kier molecular flexibility index (Phi) is 15.4. The van der Waals surface area contributed by atoms with E-state index < -0.39 is 28.8 Å². The minimum atomic E-state index is -1.49. The van der Waals surface area contributed by atoms with Crippen molar-refractivity contribution in [3.8, 4) is 17.2 Å². The van der Waals surface area contributed by atoms with Crippen molar-refractivity contribution in [2.45, 2.75) is 69.3 Å². The third-order valence-corrected chi connectivity index (χ3v) is 11.6. The van der Waals surface area contributed by atoms with E-state index >= 15 is 0 Å². The van der Waals surface area contributed by atoms with Crippen LogP contribution in [-0.4, -0.2) is 89.3 Å². The minimum absolute atomic E-state index is 0.00812. The van der Waals surface area contributed by atoms with Crippen molar-refractivity contribution in [2.75, 3.05) is 39.4 Å². The van der Waals surface area contributed by atoms with Crippen molar-refractivity contribution in [3.63, 3.8) is 0 Å². The van der Waals surface area contributed by atoms with E-state index in [0.29, 0.717) is 46.9 Å². The average molecular weight is 846 g/mol. The first-order chi connectivity index (χ1) is 29.2. The van der Waals surface area contributed by atoms with Gasteiger partial charge >= 0.3 is 6.09 Å². The first kappa shape index (κ1) is 44.3. The van der Waals surface area contributed by atoms with E-state index in [1.807, 2.05) is 12.1 Å². The normalized spacial score (nSPS) is 23.3. The third-order valence-electron chi connectivity index (χ3n) is 11.5. The van der Waals surface area contributed by atoms with Crippen molar-refractivity contribution in [1.82, 2.24) is 4.90 Å². The number of halogens is 1. The van der Waals surface area contributed by atoms with Crippen LogP contribution >= 0.6 is 11.6 Å². The van der Waals surface area contributed by atoms with E-state index in [2.05, 4.69) is 12.7 Å². The monoisotopic (exact) mass is 845 g/mol. The molecule has 0 radical (unpaired) electrons. The van der Waals surface area contributed by atoms with Gasteiger partial charge in [0.05, 0.1) is 29.0 Å². The largest absolute Gasteiger partial charge is 0.459 e. The summed E-state index contributed by atoms with van der Waals surface area (Å²) >= 11 is 5.94. The van der Waals surface area contributed by atoms with Crippen molar-refractivity contribution < 1.29 is 48.5 Å².